The summed E-state index contributed by atoms with van der Waals surface area (Å²) in [5, 5.41) is 0.501. The number of rotatable bonds is 5. The Bertz CT molecular complexity index is 416. The van der Waals surface area contributed by atoms with Gasteiger partial charge in [0.1, 0.15) is 5.75 Å². The molecule has 0 aliphatic rings. The topological polar surface area (TPSA) is 52.3 Å². The Morgan fingerprint density at radius 2 is 2.18 bits per heavy atom. The molecule has 0 spiro atoms. The van der Waals surface area contributed by atoms with E-state index < -0.39 is 5.54 Å². The van der Waals surface area contributed by atoms with Gasteiger partial charge in [-0.05, 0) is 31.5 Å². The second kappa shape index (κ2) is 5.52. The maximum Gasteiger partial charge on any atom is 0.186 e. The van der Waals surface area contributed by atoms with Crippen molar-refractivity contribution in [2.24, 2.45) is 5.73 Å². The van der Waals surface area contributed by atoms with Gasteiger partial charge in [0, 0.05) is 5.02 Å². The number of benzene rings is 1. The van der Waals surface area contributed by atoms with Crippen LogP contribution in [0, 0.1) is 0 Å². The van der Waals surface area contributed by atoms with E-state index in [-0.39, 0.29) is 5.78 Å². The highest BCUT2D eigenvalue weighted by molar-refractivity contribution is 6.31. The van der Waals surface area contributed by atoms with Crippen LogP contribution in [-0.4, -0.2) is 18.4 Å². The smallest absolute Gasteiger partial charge is 0.186 e. The van der Waals surface area contributed by atoms with Crippen molar-refractivity contribution in [3.63, 3.8) is 0 Å². The standard InChI is InChI=1S/C13H18ClNO2/c1-4-7-13(2,15)12(16)10-8-9(14)5-6-11(10)17-3/h5-6,8H,4,7,15H2,1-3H3. The second-order valence-electron chi connectivity index (χ2n) is 4.34. The van der Waals surface area contributed by atoms with Crippen molar-refractivity contribution in [2.45, 2.75) is 32.2 Å². The maximum atomic E-state index is 12.3. The van der Waals surface area contributed by atoms with Crippen molar-refractivity contribution in [1.29, 1.82) is 0 Å². The van der Waals surface area contributed by atoms with E-state index in [9.17, 15) is 4.79 Å². The Morgan fingerprint density at radius 3 is 2.71 bits per heavy atom. The third-order valence-corrected chi connectivity index (χ3v) is 2.93. The maximum absolute atomic E-state index is 12.3. The molecule has 0 saturated heterocycles. The number of halogens is 1. The molecule has 0 heterocycles. The molecule has 0 bridgehead atoms. The lowest BCUT2D eigenvalue weighted by molar-refractivity contribution is 0.0890. The molecule has 3 nitrogen and oxygen atoms in total. The summed E-state index contributed by atoms with van der Waals surface area (Å²) in [4.78, 5) is 12.3. The van der Waals surface area contributed by atoms with Crippen LogP contribution in [-0.2, 0) is 0 Å². The number of Topliss-reactive ketones (excluding diaryl/α,β-unsaturated/α-hetero) is 1. The zero-order valence-corrected chi connectivity index (χ0v) is 11.2. The van der Waals surface area contributed by atoms with Crippen LogP contribution in [0.4, 0.5) is 0 Å². The highest BCUT2D eigenvalue weighted by atomic mass is 35.5. The first-order chi connectivity index (χ1) is 7.92. The first-order valence-corrected chi connectivity index (χ1v) is 5.97. The molecule has 94 valence electrons. The number of carbonyl (C=O) groups is 1. The van der Waals surface area contributed by atoms with Gasteiger partial charge in [-0.2, -0.15) is 0 Å². The molecule has 0 saturated carbocycles. The minimum atomic E-state index is -0.882. The average Bonchev–Trinajstić information content (AvgIpc) is 2.28. The Balaban J connectivity index is 3.15. The molecule has 4 heteroatoms. The van der Waals surface area contributed by atoms with Crippen molar-refractivity contribution < 1.29 is 9.53 Å². The fourth-order valence-corrected chi connectivity index (χ4v) is 1.97. The van der Waals surface area contributed by atoms with Gasteiger partial charge in [0.15, 0.2) is 5.78 Å². The lowest BCUT2D eigenvalue weighted by Crippen LogP contribution is -2.44. The van der Waals surface area contributed by atoms with E-state index in [2.05, 4.69) is 0 Å². The second-order valence-corrected chi connectivity index (χ2v) is 4.78. The molecule has 1 unspecified atom stereocenters. The highest BCUT2D eigenvalue weighted by Gasteiger charge is 2.30. The first-order valence-electron chi connectivity index (χ1n) is 5.59. The molecular weight excluding hydrogens is 238 g/mol. The van der Waals surface area contributed by atoms with Gasteiger partial charge in [0.05, 0.1) is 18.2 Å². The van der Waals surface area contributed by atoms with Gasteiger partial charge in [-0.1, -0.05) is 24.9 Å². The van der Waals surface area contributed by atoms with Crippen molar-refractivity contribution in [1.82, 2.24) is 0 Å². The third-order valence-electron chi connectivity index (χ3n) is 2.69. The van der Waals surface area contributed by atoms with E-state index in [4.69, 9.17) is 22.1 Å². The fourth-order valence-electron chi connectivity index (χ4n) is 1.80. The molecule has 0 amide bonds. The molecule has 0 aliphatic carbocycles. The van der Waals surface area contributed by atoms with Gasteiger partial charge in [-0.25, -0.2) is 0 Å². The number of ketones is 1. The lowest BCUT2D eigenvalue weighted by Gasteiger charge is -2.23. The van der Waals surface area contributed by atoms with E-state index in [0.29, 0.717) is 22.8 Å². The lowest BCUT2D eigenvalue weighted by atomic mass is 9.88. The molecule has 17 heavy (non-hydrogen) atoms. The van der Waals surface area contributed by atoms with Crippen LogP contribution < -0.4 is 10.5 Å². The summed E-state index contributed by atoms with van der Waals surface area (Å²) < 4.78 is 5.16. The first kappa shape index (κ1) is 14.0. The fraction of sp³-hybridized carbons (Fsp3) is 0.462. The average molecular weight is 256 g/mol. The number of ether oxygens (including phenoxy) is 1. The molecule has 1 rings (SSSR count). The minimum absolute atomic E-state index is 0.140. The summed E-state index contributed by atoms with van der Waals surface area (Å²) in [6.45, 7) is 3.73. The van der Waals surface area contributed by atoms with E-state index in [1.807, 2.05) is 6.92 Å². The largest absolute Gasteiger partial charge is 0.496 e. The number of nitrogens with two attached hydrogens (primary N) is 1. The van der Waals surface area contributed by atoms with Gasteiger partial charge in [0.2, 0.25) is 0 Å². The van der Waals surface area contributed by atoms with Crippen molar-refractivity contribution in [3.8, 4) is 5.75 Å². The Kier molecular flexibility index (Phi) is 4.54. The number of hydrogen-bond acceptors (Lipinski definition) is 3. The number of methoxy groups -OCH3 is 1. The zero-order valence-electron chi connectivity index (χ0n) is 10.4. The van der Waals surface area contributed by atoms with Crippen LogP contribution >= 0.6 is 11.6 Å². The molecule has 1 atom stereocenters. The Labute approximate surface area is 107 Å². The predicted octanol–water partition coefficient (Wildman–Crippen LogP) is 3.05. The summed E-state index contributed by atoms with van der Waals surface area (Å²) >= 11 is 5.90. The van der Waals surface area contributed by atoms with E-state index >= 15 is 0 Å². The molecule has 1 aromatic carbocycles. The Morgan fingerprint density at radius 1 is 1.53 bits per heavy atom. The predicted molar refractivity (Wildman–Crippen MR) is 69.8 cm³/mol. The minimum Gasteiger partial charge on any atom is -0.496 e. The zero-order chi connectivity index (χ0) is 13.1. The number of hydrogen-bond donors (Lipinski definition) is 1. The van der Waals surface area contributed by atoms with Gasteiger partial charge in [0.25, 0.3) is 0 Å². The highest BCUT2D eigenvalue weighted by Crippen LogP contribution is 2.27. The molecule has 0 aromatic heterocycles. The normalized spacial score (nSPS) is 14.2. The molecule has 0 fully saturated rings. The van der Waals surface area contributed by atoms with Crippen molar-refractivity contribution >= 4 is 17.4 Å². The molecular formula is C13H18ClNO2. The van der Waals surface area contributed by atoms with Gasteiger partial charge in [-0.15, -0.1) is 0 Å². The molecule has 2 N–H and O–H groups in total. The van der Waals surface area contributed by atoms with Crippen LogP contribution in [0.1, 0.15) is 37.0 Å². The van der Waals surface area contributed by atoms with Crippen LogP contribution in [0.3, 0.4) is 0 Å². The summed E-state index contributed by atoms with van der Waals surface area (Å²) in [6, 6.07) is 4.96. The van der Waals surface area contributed by atoms with Gasteiger partial charge in [-0.3, -0.25) is 4.79 Å². The Hall–Kier alpha value is -1.06. The quantitative estimate of drug-likeness (QED) is 0.823. The third kappa shape index (κ3) is 3.20. The summed E-state index contributed by atoms with van der Waals surface area (Å²) in [6.07, 6.45) is 1.48. The summed E-state index contributed by atoms with van der Waals surface area (Å²) in [5.74, 6) is 0.367. The SMILES string of the molecule is CCCC(C)(N)C(=O)c1cc(Cl)ccc1OC. The molecule has 0 aliphatic heterocycles. The number of carbonyl (C=O) groups excluding carboxylic acids is 1. The molecule has 1 aromatic rings. The van der Waals surface area contributed by atoms with Gasteiger partial charge >= 0.3 is 0 Å². The molecule has 0 radical (unpaired) electrons. The monoisotopic (exact) mass is 255 g/mol. The van der Waals surface area contributed by atoms with E-state index in [1.54, 1.807) is 25.1 Å². The van der Waals surface area contributed by atoms with Crippen LogP contribution in [0.2, 0.25) is 5.02 Å². The summed E-state index contributed by atoms with van der Waals surface area (Å²) in [7, 11) is 1.52. The van der Waals surface area contributed by atoms with Gasteiger partial charge < -0.3 is 10.5 Å². The van der Waals surface area contributed by atoms with Crippen LogP contribution in [0.25, 0.3) is 0 Å². The summed E-state index contributed by atoms with van der Waals surface area (Å²) in [5.41, 5.74) is 5.59. The van der Waals surface area contributed by atoms with E-state index in [1.165, 1.54) is 7.11 Å². The van der Waals surface area contributed by atoms with E-state index in [0.717, 1.165) is 6.42 Å². The van der Waals surface area contributed by atoms with Crippen molar-refractivity contribution in [3.05, 3.63) is 28.8 Å². The van der Waals surface area contributed by atoms with Crippen LogP contribution in [0.5, 0.6) is 5.75 Å². The van der Waals surface area contributed by atoms with Crippen LogP contribution in [0.15, 0.2) is 18.2 Å². The van der Waals surface area contributed by atoms with Crippen molar-refractivity contribution in [2.75, 3.05) is 7.11 Å².